The number of fused-ring (bicyclic) bond motifs is 1. The van der Waals surface area contributed by atoms with Crippen LogP contribution in [0.1, 0.15) is 18.7 Å². The lowest BCUT2D eigenvalue weighted by molar-refractivity contribution is -0.135. The number of hydrogen-bond acceptors (Lipinski definition) is 7. The molecule has 154 valence electrons. The molecule has 1 aliphatic heterocycles. The van der Waals surface area contributed by atoms with Crippen LogP contribution in [0.15, 0.2) is 30.7 Å². The first-order valence-electron chi connectivity index (χ1n) is 8.59. The number of ether oxygens (including phenoxy) is 1. The molecule has 2 aromatic heterocycles. The van der Waals surface area contributed by atoms with E-state index in [2.05, 4.69) is 9.97 Å². The van der Waals surface area contributed by atoms with Crippen molar-refractivity contribution >= 4 is 40.1 Å². The Kier molecular flexibility index (Phi) is 4.93. The first-order valence-corrected chi connectivity index (χ1v) is 9.34. The quantitative estimate of drug-likeness (QED) is 0.488. The highest BCUT2D eigenvalue weighted by atomic mass is 35.5. The molecule has 0 radical (unpaired) electrons. The molecule has 0 saturated carbocycles. The third-order valence-electron chi connectivity index (χ3n) is 5.16. The van der Waals surface area contributed by atoms with Crippen LogP contribution in [0.3, 0.4) is 0 Å². The summed E-state index contributed by atoms with van der Waals surface area (Å²) < 4.78 is 21.4. The second-order valence-corrected chi connectivity index (χ2v) is 7.86. The molecule has 0 aliphatic carbocycles. The number of nitrogens with zero attached hydrogens (tertiary/aromatic N) is 3. The molecule has 0 amide bonds. The highest BCUT2D eigenvalue weighted by Gasteiger charge is 2.52. The minimum Gasteiger partial charge on any atom is -0.387 e. The zero-order chi connectivity index (χ0) is 21.1. The van der Waals surface area contributed by atoms with Gasteiger partial charge in [0.2, 0.25) is 0 Å². The first-order chi connectivity index (χ1) is 13.6. The number of aliphatic hydroxyl groups excluding tert-OH is 2. The molecule has 11 heteroatoms. The molecule has 3 heterocycles. The van der Waals surface area contributed by atoms with E-state index in [9.17, 15) is 19.7 Å². The van der Waals surface area contributed by atoms with Crippen molar-refractivity contribution in [2.75, 3.05) is 5.73 Å². The molecule has 0 spiro atoms. The van der Waals surface area contributed by atoms with E-state index in [0.29, 0.717) is 10.6 Å². The summed E-state index contributed by atoms with van der Waals surface area (Å²) in [4.78, 5) is 7.75. The Hall–Kier alpha value is -2.01. The number of halogens is 3. The second kappa shape index (κ2) is 7.05. The lowest BCUT2D eigenvalue weighted by Crippen LogP contribution is -2.45. The maximum absolute atomic E-state index is 14.4. The van der Waals surface area contributed by atoms with E-state index in [1.807, 2.05) is 0 Å². The van der Waals surface area contributed by atoms with Gasteiger partial charge in [-0.3, -0.25) is 0 Å². The van der Waals surface area contributed by atoms with Crippen molar-refractivity contribution in [2.24, 2.45) is 0 Å². The Labute approximate surface area is 174 Å². The lowest BCUT2D eigenvalue weighted by atomic mass is 9.87. The van der Waals surface area contributed by atoms with Crippen molar-refractivity contribution in [1.29, 1.82) is 0 Å². The predicted molar refractivity (Wildman–Crippen MR) is 104 cm³/mol. The maximum atomic E-state index is 14.4. The van der Waals surface area contributed by atoms with Crippen LogP contribution in [0.2, 0.25) is 10.0 Å². The fourth-order valence-corrected chi connectivity index (χ4v) is 3.88. The number of rotatable bonds is 3. The van der Waals surface area contributed by atoms with E-state index in [0.717, 1.165) is 12.5 Å². The highest BCUT2D eigenvalue weighted by Crippen LogP contribution is 2.42. The Morgan fingerprint density at radius 1 is 1.21 bits per heavy atom. The number of aliphatic hydroxyl groups is 3. The van der Waals surface area contributed by atoms with Crippen LogP contribution in [-0.4, -0.2) is 48.2 Å². The average Bonchev–Trinajstić information content (AvgIpc) is 3.16. The van der Waals surface area contributed by atoms with Crippen molar-refractivity contribution < 1.29 is 24.4 Å². The number of nitrogens with two attached hydrogens (primary N) is 1. The van der Waals surface area contributed by atoms with Gasteiger partial charge in [-0.2, -0.15) is 0 Å². The molecule has 5 atom stereocenters. The van der Waals surface area contributed by atoms with Gasteiger partial charge in [0.15, 0.2) is 17.7 Å². The third kappa shape index (κ3) is 3.14. The van der Waals surface area contributed by atoms with Crippen molar-refractivity contribution in [3.63, 3.8) is 0 Å². The number of benzene rings is 1. The number of hydrogen-bond donors (Lipinski definition) is 4. The molecule has 1 saturated heterocycles. The normalized spacial score (nSPS) is 26.7. The average molecular weight is 443 g/mol. The standard InChI is InChI=1S/C18H17Cl2FN4O4/c1-18(28,7-2-3-8(19)9(20)4-7)14-12(26)13(27)17(29-14)25-5-10(21)11-15(22)23-6-24-16(11)25/h2-6,12-14,17,26-28H,1H3,(H2,22,23,24)/t12-,13+,14-,17+,18+/m0/s1. The fraction of sp³-hybridized carbons (Fsp3) is 0.333. The lowest BCUT2D eigenvalue weighted by Gasteiger charge is -2.32. The summed E-state index contributed by atoms with van der Waals surface area (Å²) in [6.45, 7) is 1.41. The van der Waals surface area contributed by atoms with Gasteiger partial charge in [0.25, 0.3) is 0 Å². The molecule has 1 fully saturated rings. The summed E-state index contributed by atoms with van der Waals surface area (Å²) >= 11 is 12.0. The van der Waals surface area contributed by atoms with Gasteiger partial charge in [-0.25, -0.2) is 14.4 Å². The number of nitrogen functional groups attached to an aromatic ring is 1. The van der Waals surface area contributed by atoms with E-state index in [1.165, 1.54) is 29.7 Å². The Morgan fingerprint density at radius 2 is 1.93 bits per heavy atom. The molecule has 0 bridgehead atoms. The SMILES string of the molecule is C[C@@](O)(c1ccc(Cl)c(Cl)c1)[C@H]1O[C@@H](n2cc(F)c3c(N)ncnc32)[C@H](O)[C@@H]1O. The van der Waals surface area contributed by atoms with Gasteiger partial charge in [-0.1, -0.05) is 29.3 Å². The Balaban J connectivity index is 1.73. The molecule has 29 heavy (non-hydrogen) atoms. The molecule has 1 aliphatic rings. The van der Waals surface area contributed by atoms with Gasteiger partial charge in [0, 0.05) is 6.20 Å². The van der Waals surface area contributed by atoms with Crippen LogP contribution >= 0.6 is 23.2 Å². The molecular weight excluding hydrogens is 426 g/mol. The van der Waals surface area contributed by atoms with Crippen LogP contribution in [0.25, 0.3) is 11.0 Å². The van der Waals surface area contributed by atoms with E-state index in [1.54, 1.807) is 0 Å². The summed E-state index contributed by atoms with van der Waals surface area (Å²) in [7, 11) is 0. The third-order valence-corrected chi connectivity index (χ3v) is 5.90. The minimum atomic E-state index is -1.75. The van der Waals surface area contributed by atoms with E-state index in [4.69, 9.17) is 33.7 Å². The molecular formula is C18H17Cl2FN4O4. The molecule has 1 aromatic carbocycles. The van der Waals surface area contributed by atoms with Gasteiger partial charge >= 0.3 is 0 Å². The molecule has 8 nitrogen and oxygen atoms in total. The van der Waals surface area contributed by atoms with Gasteiger partial charge in [-0.05, 0) is 24.6 Å². The summed E-state index contributed by atoms with van der Waals surface area (Å²) in [5.74, 6) is -0.776. The predicted octanol–water partition coefficient (Wildman–Crippen LogP) is 1.99. The topological polar surface area (TPSA) is 127 Å². The largest absolute Gasteiger partial charge is 0.387 e. The van der Waals surface area contributed by atoms with Crippen LogP contribution in [0.5, 0.6) is 0 Å². The summed E-state index contributed by atoms with van der Waals surface area (Å²) in [6.07, 6.45) is -3.28. The van der Waals surface area contributed by atoms with Gasteiger partial charge < -0.3 is 30.4 Å². The van der Waals surface area contributed by atoms with Crippen molar-refractivity contribution in [2.45, 2.75) is 37.1 Å². The van der Waals surface area contributed by atoms with Gasteiger partial charge in [-0.15, -0.1) is 0 Å². The monoisotopic (exact) mass is 442 g/mol. The smallest absolute Gasteiger partial charge is 0.164 e. The van der Waals surface area contributed by atoms with Gasteiger partial charge in [0.05, 0.1) is 15.4 Å². The summed E-state index contributed by atoms with van der Waals surface area (Å²) in [6, 6.07) is 4.47. The van der Waals surface area contributed by atoms with Crippen molar-refractivity contribution in [1.82, 2.24) is 14.5 Å². The highest BCUT2D eigenvalue weighted by molar-refractivity contribution is 6.42. The van der Waals surface area contributed by atoms with Crippen molar-refractivity contribution in [3.05, 3.63) is 52.1 Å². The number of aromatic nitrogens is 3. The Morgan fingerprint density at radius 3 is 2.62 bits per heavy atom. The maximum Gasteiger partial charge on any atom is 0.164 e. The molecule has 0 unspecified atom stereocenters. The van der Waals surface area contributed by atoms with E-state index < -0.39 is 36.0 Å². The van der Waals surface area contributed by atoms with Crippen LogP contribution in [0, 0.1) is 5.82 Å². The zero-order valence-electron chi connectivity index (χ0n) is 15.0. The van der Waals surface area contributed by atoms with Crippen LogP contribution in [-0.2, 0) is 10.3 Å². The molecule has 3 aromatic rings. The second-order valence-electron chi connectivity index (χ2n) is 7.05. The molecule has 4 rings (SSSR count). The fourth-order valence-electron chi connectivity index (χ4n) is 3.59. The summed E-state index contributed by atoms with van der Waals surface area (Å²) in [5.41, 5.74) is 4.36. The number of anilines is 1. The minimum absolute atomic E-state index is 0.0301. The van der Waals surface area contributed by atoms with Crippen LogP contribution < -0.4 is 5.73 Å². The van der Waals surface area contributed by atoms with Crippen LogP contribution in [0.4, 0.5) is 10.2 Å². The van der Waals surface area contributed by atoms with Gasteiger partial charge in [0.1, 0.15) is 36.1 Å². The zero-order valence-corrected chi connectivity index (χ0v) is 16.5. The van der Waals surface area contributed by atoms with E-state index in [-0.39, 0.29) is 21.9 Å². The Bertz CT molecular complexity index is 1090. The van der Waals surface area contributed by atoms with E-state index >= 15 is 0 Å². The summed E-state index contributed by atoms with van der Waals surface area (Å²) in [5, 5.41) is 32.7. The molecule has 5 N–H and O–H groups in total. The van der Waals surface area contributed by atoms with Crippen molar-refractivity contribution in [3.8, 4) is 0 Å². The first kappa shape index (κ1) is 20.3.